The van der Waals surface area contributed by atoms with Gasteiger partial charge in [0, 0.05) is 43.3 Å². The molecule has 5 heteroatoms. The number of carbonyl (C=O) groups is 1. The van der Waals surface area contributed by atoms with E-state index in [2.05, 4.69) is 15.2 Å². The number of aromatic nitrogens is 2. The van der Waals surface area contributed by atoms with E-state index in [0.717, 1.165) is 36.5 Å². The fraction of sp³-hybridized carbons (Fsp3) is 0.474. The van der Waals surface area contributed by atoms with Gasteiger partial charge in [0.15, 0.2) is 0 Å². The lowest BCUT2D eigenvalue weighted by Gasteiger charge is -2.31. The van der Waals surface area contributed by atoms with Crippen LogP contribution in [-0.4, -0.2) is 33.1 Å². The third-order valence-electron chi connectivity index (χ3n) is 5.46. The zero-order valence-electron chi connectivity index (χ0n) is 14.1. The number of urea groups is 1. The van der Waals surface area contributed by atoms with E-state index >= 15 is 0 Å². The molecular weight excluding hydrogens is 300 g/mol. The van der Waals surface area contributed by atoms with Gasteiger partial charge in [-0.05, 0) is 37.3 Å². The average Bonchev–Trinajstić information content (AvgIpc) is 3.21. The lowest BCUT2D eigenvalue weighted by Crippen LogP contribution is -2.41. The molecule has 1 N–H and O–H groups in total. The summed E-state index contributed by atoms with van der Waals surface area (Å²) in [5.41, 5.74) is 1.84. The maximum Gasteiger partial charge on any atom is 0.322 e. The normalized spacial score (nSPS) is 23.1. The molecular formula is C19H24N4O. The molecule has 2 amide bonds. The van der Waals surface area contributed by atoms with Crippen LogP contribution in [0.3, 0.4) is 0 Å². The summed E-state index contributed by atoms with van der Waals surface area (Å²) < 4.78 is 1.98. The topological polar surface area (TPSA) is 50.2 Å². The van der Waals surface area contributed by atoms with Crippen molar-refractivity contribution in [2.45, 2.75) is 38.1 Å². The summed E-state index contributed by atoms with van der Waals surface area (Å²) in [7, 11) is 1.97. The predicted molar refractivity (Wildman–Crippen MR) is 94.7 cm³/mol. The molecule has 126 valence electrons. The summed E-state index contributed by atoms with van der Waals surface area (Å²) in [4.78, 5) is 19.2. The van der Waals surface area contributed by atoms with Crippen LogP contribution >= 0.6 is 0 Å². The fourth-order valence-corrected chi connectivity index (χ4v) is 4.23. The molecule has 2 fully saturated rings. The van der Waals surface area contributed by atoms with Crippen molar-refractivity contribution >= 4 is 11.7 Å². The summed E-state index contributed by atoms with van der Waals surface area (Å²) in [6, 6.07) is 8.41. The maximum atomic E-state index is 12.7. The Bertz CT molecular complexity index is 738. The van der Waals surface area contributed by atoms with Crippen molar-refractivity contribution < 1.29 is 4.79 Å². The van der Waals surface area contributed by atoms with Crippen LogP contribution in [-0.2, 0) is 7.05 Å². The highest BCUT2D eigenvalue weighted by Crippen LogP contribution is 2.36. The molecule has 1 saturated heterocycles. The van der Waals surface area contributed by atoms with Crippen molar-refractivity contribution in [1.82, 2.24) is 14.5 Å². The van der Waals surface area contributed by atoms with Gasteiger partial charge in [-0.3, -0.25) is 0 Å². The molecule has 2 heterocycles. The zero-order valence-corrected chi connectivity index (χ0v) is 14.1. The number of nitrogens with one attached hydrogen (secondary N) is 1. The molecule has 2 aliphatic rings. The van der Waals surface area contributed by atoms with E-state index in [1.165, 1.54) is 19.3 Å². The second kappa shape index (κ2) is 6.30. The molecule has 2 atom stereocenters. The number of rotatable bonds is 2. The number of benzene rings is 1. The molecule has 0 radical (unpaired) electrons. The number of aryl methyl sites for hydroxylation is 1. The van der Waals surface area contributed by atoms with E-state index in [1.807, 2.05) is 42.1 Å². The first-order chi connectivity index (χ1) is 11.7. The third-order valence-corrected chi connectivity index (χ3v) is 5.46. The molecule has 1 saturated carbocycles. The molecule has 1 aliphatic carbocycles. The fourth-order valence-electron chi connectivity index (χ4n) is 4.23. The molecule has 4 rings (SSSR count). The molecule has 1 aromatic heterocycles. The van der Waals surface area contributed by atoms with E-state index in [0.29, 0.717) is 12.0 Å². The summed E-state index contributed by atoms with van der Waals surface area (Å²) in [6.45, 7) is 0.889. The van der Waals surface area contributed by atoms with Gasteiger partial charge in [-0.1, -0.05) is 25.0 Å². The van der Waals surface area contributed by atoms with Gasteiger partial charge in [0.05, 0.1) is 0 Å². The van der Waals surface area contributed by atoms with Gasteiger partial charge in [0.2, 0.25) is 0 Å². The van der Waals surface area contributed by atoms with Crippen molar-refractivity contribution in [2.24, 2.45) is 13.0 Å². The Morgan fingerprint density at radius 2 is 2.12 bits per heavy atom. The van der Waals surface area contributed by atoms with E-state index in [9.17, 15) is 4.79 Å². The van der Waals surface area contributed by atoms with Crippen LogP contribution in [0.15, 0.2) is 36.7 Å². The van der Waals surface area contributed by atoms with Crippen LogP contribution in [0.2, 0.25) is 0 Å². The quantitative estimate of drug-likeness (QED) is 0.911. The first-order valence-electron chi connectivity index (χ1n) is 8.88. The molecule has 0 bridgehead atoms. The molecule has 2 aromatic rings. The van der Waals surface area contributed by atoms with Crippen molar-refractivity contribution in [3.63, 3.8) is 0 Å². The van der Waals surface area contributed by atoms with Crippen LogP contribution < -0.4 is 5.32 Å². The number of nitrogens with zero attached hydrogens (tertiary/aromatic N) is 3. The molecule has 2 unspecified atom stereocenters. The molecule has 1 aromatic carbocycles. The van der Waals surface area contributed by atoms with Gasteiger partial charge in [-0.25, -0.2) is 9.78 Å². The predicted octanol–water partition coefficient (Wildman–Crippen LogP) is 3.88. The summed E-state index contributed by atoms with van der Waals surface area (Å²) in [6.07, 6.45) is 9.88. The maximum absolute atomic E-state index is 12.7. The van der Waals surface area contributed by atoms with Gasteiger partial charge in [0.25, 0.3) is 0 Å². The Morgan fingerprint density at radius 1 is 1.25 bits per heavy atom. The number of fused-ring (bicyclic) bond motifs is 1. The number of amides is 2. The van der Waals surface area contributed by atoms with E-state index < -0.39 is 0 Å². The Balaban J connectivity index is 1.49. The van der Waals surface area contributed by atoms with Gasteiger partial charge >= 0.3 is 6.03 Å². The van der Waals surface area contributed by atoms with Crippen LogP contribution in [0.1, 0.15) is 32.1 Å². The minimum atomic E-state index is 0.0430. The summed E-state index contributed by atoms with van der Waals surface area (Å²) in [5.74, 6) is 1.61. The van der Waals surface area contributed by atoms with Gasteiger partial charge in [-0.15, -0.1) is 0 Å². The second-order valence-corrected chi connectivity index (χ2v) is 6.97. The van der Waals surface area contributed by atoms with Crippen molar-refractivity contribution in [3.8, 4) is 11.4 Å². The zero-order chi connectivity index (χ0) is 16.5. The number of hydrogen-bond donors (Lipinski definition) is 1. The SMILES string of the molecule is Cn1ccnc1-c1cccc(NC(=O)N2CCC3CCCCC32)c1. The van der Waals surface area contributed by atoms with Crippen LogP contribution in [0, 0.1) is 5.92 Å². The van der Waals surface area contributed by atoms with E-state index in [-0.39, 0.29) is 6.03 Å². The standard InChI is InChI=1S/C19H24N4O/c1-22-12-10-20-18(22)15-6-4-7-16(13-15)21-19(24)23-11-9-14-5-2-3-8-17(14)23/h4,6-7,10,12-14,17H,2-3,5,8-9,11H2,1H3,(H,21,24). The first kappa shape index (κ1) is 15.2. The third kappa shape index (κ3) is 2.79. The van der Waals surface area contributed by atoms with Crippen molar-refractivity contribution in [2.75, 3.05) is 11.9 Å². The lowest BCUT2D eigenvalue weighted by molar-refractivity contribution is 0.182. The molecule has 24 heavy (non-hydrogen) atoms. The van der Waals surface area contributed by atoms with Crippen molar-refractivity contribution in [1.29, 1.82) is 0 Å². The molecule has 1 aliphatic heterocycles. The van der Waals surface area contributed by atoms with E-state index in [4.69, 9.17) is 0 Å². The highest BCUT2D eigenvalue weighted by molar-refractivity contribution is 5.90. The van der Waals surface area contributed by atoms with Gasteiger partial charge in [-0.2, -0.15) is 0 Å². The number of imidazole rings is 1. The number of likely N-dealkylation sites (tertiary alicyclic amines) is 1. The van der Waals surface area contributed by atoms with Gasteiger partial charge in [0.1, 0.15) is 5.82 Å². The van der Waals surface area contributed by atoms with E-state index in [1.54, 1.807) is 6.20 Å². The molecule has 0 spiro atoms. The summed E-state index contributed by atoms with van der Waals surface area (Å²) in [5, 5.41) is 3.09. The lowest BCUT2D eigenvalue weighted by atomic mass is 9.85. The van der Waals surface area contributed by atoms with Crippen molar-refractivity contribution in [3.05, 3.63) is 36.7 Å². The Hall–Kier alpha value is -2.30. The largest absolute Gasteiger partial charge is 0.334 e. The Morgan fingerprint density at radius 3 is 2.96 bits per heavy atom. The summed E-state index contributed by atoms with van der Waals surface area (Å²) >= 11 is 0. The highest BCUT2D eigenvalue weighted by atomic mass is 16.2. The molecule has 5 nitrogen and oxygen atoms in total. The Kier molecular flexibility index (Phi) is 4.00. The van der Waals surface area contributed by atoms with Gasteiger partial charge < -0.3 is 14.8 Å². The van der Waals surface area contributed by atoms with Crippen LogP contribution in [0.4, 0.5) is 10.5 Å². The average molecular weight is 324 g/mol. The second-order valence-electron chi connectivity index (χ2n) is 6.97. The smallest absolute Gasteiger partial charge is 0.322 e. The number of carbonyl (C=O) groups excluding carboxylic acids is 1. The van der Waals surface area contributed by atoms with Crippen LogP contribution in [0.5, 0.6) is 0 Å². The van der Waals surface area contributed by atoms with Crippen LogP contribution in [0.25, 0.3) is 11.4 Å². The minimum absolute atomic E-state index is 0.0430. The minimum Gasteiger partial charge on any atom is -0.334 e. The number of anilines is 1. The monoisotopic (exact) mass is 324 g/mol. The first-order valence-corrected chi connectivity index (χ1v) is 8.88. The highest BCUT2D eigenvalue weighted by Gasteiger charge is 2.38. The number of hydrogen-bond acceptors (Lipinski definition) is 2. The Labute approximate surface area is 142 Å².